The minimum absolute atomic E-state index is 0.207. The van der Waals surface area contributed by atoms with Crippen LogP contribution in [0.4, 0.5) is 30.7 Å². The van der Waals surface area contributed by atoms with Crippen molar-refractivity contribution in [3.05, 3.63) is 95.5 Å². The van der Waals surface area contributed by atoms with Crippen molar-refractivity contribution in [2.75, 3.05) is 6.61 Å². The predicted octanol–water partition coefficient (Wildman–Crippen LogP) is 10.9. The van der Waals surface area contributed by atoms with Gasteiger partial charge in [0.15, 0.2) is 23.6 Å². The Hall–Kier alpha value is -3.53. The molecule has 2 aliphatic rings. The third-order valence-corrected chi connectivity index (χ3v) is 8.88. The van der Waals surface area contributed by atoms with Crippen LogP contribution in [0.5, 0.6) is 11.5 Å². The Kier molecular flexibility index (Phi) is 10.4. The summed E-state index contributed by atoms with van der Waals surface area (Å²) in [6.45, 7) is 3.09. The van der Waals surface area contributed by atoms with Gasteiger partial charge < -0.3 is 14.2 Å². The van der Waals surface area contributed by atoms with Gasteiger partial charge in [-0.15, -0.1) is 0 Å². The van der Waals surface area contributed by atoms with Crippen molar-refractivity contribution in [2.24, 2.45) is 11.8 Å². The van der Waals surface area contributed by atoms with E-state index in [1.807, 2.05) is 24.3 Å². The highest BCUT2D eigenvalue weighted by molar-refractivity contribution is 5.64. The fourth-order valence-electron chi connectivity index (χ4n) is 6.55. The summed E-state index contributed by atoms with van der Waals surface area (Å²) in [4.78, 5) is 0. The van der Waals surface area contributed by atoms with Crippen LogP contribution >= 0.6 is 0 Å². The molecule has 10 heteroatoms. The Bertz CT molecular complexity index is 1450. The van der Waals surface area contributed by atoms with Gasteiger partial charge in [0.05, 0.1) is 11.7 Å². The first kappa shape index (κ1) is 32.9. The van der Waals surface area contributed by atoms with Crippen molar-refractivity contribution < 1.29 is 44.9 Å². The van der Waals surface area contributed by atoms with E-state index in [0.717, 1.165) is 50.8 Å². The molecule has 0 amide bonds. The van der Waals surface area contributed by atoms with Crippen LogP contribution in [-0.2, 0) is 10.8 Å². The van der Waals surface area contributed by atoms with Gasteiger partial charge in [-0.2, -0.15) is 17.6 Å². The number of alkyl halides is 2. The molecule has 3 aromatic rings. The highest BCUT2D eigenvalue weighted by Crippen LogP contribution is 2.41. The summed E-state index contributed by atoms with van der Waals surface area (Å²) in [5.74, 6) is -4.94. The fraction of sp³-hybridized carbons (Fsp3) is 0.429. The normalized spacial score (nSPS) is 22.1. The molecule has 1 aliphatic heterocycles. The van der Waals surface area contributed by atoms with Crippen molar-refractivity contribution in [3.8, 4) is 22.6 Å². The Morgan fingerprint density at radius 2 is 1.51 bits per heavy atom. The van der Waals surface area contributed by atoms with Crippen LogP contribution in [0.1, 0.15) is 75.3 Å². The van der Waals surface area contributed by atoms with E-state index in [1.54, 1.807) is 0 Å². The molecular weight excluding hydrogens is 601 g/mol. The first-order chi connectivity index (χ1) is 21.5. The smallest absolute Gasteiger partial charge is 0.429 e. The minimum Gasteiger partial charge on any atom is -0.453 e. The highest BCUT2D eigenvalue weighted by atomic mass is 19.3. The molecule has 242 valence electrons. The lowest BCUT2D eigenvalue weighted by Gasteiger charge is -2.38. The molecule has 2 atom stereocenters. The Balaban J connectivity index is 1.20. The summed E-state index contributed by atoms with van der Waals surface area (Å²) in [7, 11) is 0. The van der Waals surface area contributed by atoms with Gasteiger partial charge in [0.2, 0.25) is 0 Å². The van der Waals surface area contributed by atoms with Crippen molar-refractivity contribution in [3.63, 3.8) is 0 Å². The van der Waals surface area contributed by atoms with Crippen molar-refractivity contribution >= 4 is 0 Å². The van der Waals surface area contributed by atoms with Crippen LogP contribution in [0.15, 0.2) is 66.9 Å². The second kappa shape index (κ2) is 14.3. The molecule has 1 aliphatic carbocycles. The topological polar surface area (TPSA) is 27.7 Å². The molecule has 5 rings (SSSR count). The van der Waals surface area contributed by atoms with Gasteiger partial charge in [0, 0.05) is 18.7 Å². The molecule has 0 bridgehead atoms. The lowest BCUT2D eigenvalue weighted by molar-refractivity contribution is -0.187. The van der Waals surface area contributed by atoms with E-state index in [0.29, 0.717) is 47.1 Å². The van der Waals surface area contributed by atoms with E-state index in [2.05, 4.69) is 16.4 Å². The largest absolute Gasteiger partial charge is 0.453 e. The van der Waals surface area contributed by atoms with Gasteiger partial charge in [0.1, 0.15) is 11.6 Å². The van der Waals surface area contributed by atoms with Crippen LogP contribution in [0.3, 0.4) is 0 Å². The lowest BCUT2D eigenvalue weighted by atomic mass is 9.75. The Labute approximate surface area is 258 Å². The summed E-state index contributed by atoms with van der Waals surface area (Å²) in [5.41, 5.74) is 1.04. The van der Waals surface area contributed by atoms with E-state index in [9.17, 15) is 30.7 Å². The van der Waals surface area contributed by atoms with Crippen LogP contribution < -0.4 is 9.47 Å². The third kappa shape index (κ3) is 8.01. The molecular formula is C35H35F7O3. The highest BCUT2D eigenvalue weighted by Gasteiger charge is 2.38. The van der Waals surface area contributed by atoms with Gasteiger partial charge in [-0.3, -0.25) is 0 Å². The third-order valence-electron chi connectivity index (χ3n) is 8.88. The number of ether oxygens (including phenoxy) is 3. The number of hydrogen-bond donors (Lipinski definition) is 0. The van der Waals surface area contributed by atoms with Gasteiger partial charge in [-0.05, 0) is 91.5 Å². The summed E-state index contributed by atoms with van der Waals surface area (Å²) in [6, 6.07) is 11.4. The average Bonchev–Trinajstić information content (AvgIpc) is 3.01. The fourth-order valence-corrected chi connectivity index (χ4v) is 6.55. The maximum atomic E-state index is 14.9. The van der Waals surface area contributed by atoms with E-state index in [1.165, 1.54) is 30.9 Å². The molecule has 1 heterocycles. The molecule has 0 aromatic heterocycles. The van der Waals surface area contributed by atoms with E-state index < -0.39 is 46.7 Å². The summed E-state index contributed by atoms with van der Waals surface area (Å²) in [5, 5.41) is 0. The first-order valence-electron chi connectivity index (χ1n) is 15.3. The number of rotatable bonds is 10. The van der Waals surface area contributed by atoms with Crippen LogP contribution in [0.25, 0.3) is 11.1 Å². The van der Waals surface area contributed by atoms with Gasteiger partial charge in [0.25, 0.3) is 0 Å². The summed E-state index contributed by atoms with van der Waals surface area (Å²) < 4.78 is 112. The molecule has 1 saturated heterocycles. The molecule has 0 radical (unpaired) electrons. The van der Waals surface area contributed by atoms with Crippen molar-refractivity contribution in [1.82, 2.24) is 0 Å². The first-order valence-corrected chi connectivity index (χ1v) is 15.3. The molecule has 1 saturated carbocycles. The van der Waals surface area contributed by atoms with Crippen molar-refractivity contribution in [2.45, 2.75) is 76.4 Å². The van der Waals surface area contributed by atoms with E-state index >= 15 is 0 Å². The standard InChI is InChI=1S/C35H35F7O3/c1-2-3-21-4-15-32(43-19-21)25-11-9-23(10-12-25)22-5-7-24(8-6-22)26-13-14-28(29(36)16-26)35(41,42)45-27-17-30(37)34(31(38)18-27)44-20-33(39)40/h5-8,13-14,16-18,20-21,23,25,32H,2-4,9-12,15,19H2,1H3. The maximum Gasteiger partial charge on any atom is 0.429 e. The number of benzene rings is 3. The summed E-state index contributed by atoms with van der Waals surface area (Å²) >= 11 is 0. The zero-order chi connectivity index (χ0) is 32.1. The molecule has 3 nitrogen and oxygen atoms in total. The van der Waals surface area contributed by atoms with Gasteiger partial charge in [-0.25, -0.2) is 13.2 Å². The lowest BCUT2D eigenvalue weighted by Crippen LogP contribution is -2.33. The van der Waals surface area contributed by atoms with Gasteiger partial charge >= 0.3 is 12.2 Å². The zero-order valence-corrected chi connectivity index (χ0v) is 24.8. The second-order valence-electron chi connectivity index (χ2n) is 11.9. The van der Waals surface area contributed by atoms with E-state index in [-0.39, 0.29) is 6.26 Å². The Morgan fingerprint density at radius 3 is 2.09 bits per heavy atom. The predicted molar refractivity (Wildman–Crippen MR) is 156 cm³/mol. The number of halogens is 7. The van der Waals surface area contributed by atoms with Gasteiger partial charge in [-0.1, -0.05) is 43.7 Å². The summed E-state index contributed by atoms with van der Waals surface area (Å²) in [6.07, 6.45) is 2.68. The monoisotopic (exact) mass is 636 g/mol. The quantitative estimate of drug-likeness (QED) is 0.164. The average molecular weight is 637 g/mol. The van der Waals surface area contributed by atoms with Crippen LogP contribution in [0.2, 0.25) is 0 Å². The van der Waals surface area contributed by atoms with Crippen LogP contribution in [-0.4, -0.2) is 12.7 Å². The second-order valence-corrected chi connectivity index (χ2v) is 11.9. The van der Waals surface area contributed by atoms with E-state index in [4.69, 9.17) is 4.74 Å². The number of hydrogen-bond acceptors (Lipinski definition) is 3. The molecule has 2 fully saturated rings. The van der Waals surface area contributed by atoms with Crippen LogP contribution in [0, 0.1) is 29.3 Å². The minimum atomic E-state index is -4.31. The van der Waals surface area contributed by atoms with Crippen molar-refractivity contribution in [1.29, 1.82) is 0 Å². The molecule has 0 spiro atoms. The Morgan fingerprint density at radius 1 is 0.844 bits per heavy atom. The molecule has 45 heavy (non-hydrogen) atoms. The maximum absolute atomic E-state index is 14.9. The molecule has 0 N–H and O–H groups in total. The molecule has 2 unspecified atom stereocenters. The SMILES string of the molecule is CCCC1CCC(C2CCC(c3ccc(-c4ccc(C(F)(F)Oc5cc(F)c(OC=C(F)F)c(F)c5)c(F)c4)cc3)CC2)OC1. The zero-order valence-electron chi connectivity index (χ0n) is 24.8. The molecule has 3 aromatic carbocycles.